The van der Waals surface area contributed by atoms with E-state index in [0.717, 1.165) is 6.42 Å². The van der Waals surface area contributed by atoms with Gasteiger partial charge < -0.3 is 5.73 Å². The summed E-state index contributed by atoms with van der Waals surface area (Å²) in [5.74, 6) is -1.06. The molecule has 96 valence electrons. The third-order valence-electron chi connectivity index (χ3n) is 3.33. The zero-order valence-corrected chi connectivity index (χ0v) is 10.6. The zero-order chi connectivity index (χ0) is 13.0. The first kappa shape index (κ1) is 14.1. The molecular weight excluding hydrogens is 222 g/mol. The van der Waals surface area contributed by atoms with Gasteiger partial charge >= 0.3 is 0 Å². The molecular formula is C13H20F2N2. The number of benzene rings is 1. The molecule has 0 heterocycles. The summed E-state index contributed by atoms with van der Waals surface area (Å²) in [4.78, 5) is 1.92. The number of nitrogens with zero attached hydrogens (tertiary/aromatic N) is 1. The van der Waals surface area contributed by atoms with E-state index in [0.29, 0.717) is 0 Å². The van der Waals surface area contributed by atoms with Crippen molar-refractivity contribution in [1.29, 1.82) is 0 Å². The van der Waals surface area contributed by atoms with Gasteiger partial charge in [-0.15, -0.1) is 0 Å². The smallest absolute Gasteiger partial charge is 0.130 e. The Hall–Kier alpha value is -1.00. The van der Waals surface area contributed by atoms with Crippen molar-refractivity contribution in [1.82, 2.24) is 4.90 Å². The number of hydrogen-bond acceptors (Lipinski definition) is 2. The van der Waals surface area contributed by atoms with E-state index in [1.54, 1.807) is 0 Å². The van der Waals surface area contributed by atoms with Crippen molar-refractivity contribution in [3.05, 3.63) is 35.4 Å². The van der Waals surface area contributed by atoms with Gasteiger partial charge in [0.1, 0.15) is 11.6 Å². The largest absolute Gasteiger partial charge is 0.329 e. The Labute approximate surface area is 101 Å². The number of rotatable bonds is 5. The van der Waals surface area contributed by atoms with Crippen LogP contribution in [-0.4, -0.2) is 24.5 Å². The molecule has 17 heavy (non-hydrogen) atoms. The Kier molecular flexibility index (Phi) is 5.02. The molecule has 4 heteroatoms. The van der Waals surface area contributed by atoms with Crippen LogP contribution >= 0.6 is 0 Å². The molecule has 0 saturated carbocycles. The average molecular weight is 242 g/mol. The van der Waals surface area contributed by atoms with Crippen molar-refractivity contribution in [3.63, 3.8) is 0 Å². The standard InChI is InChI=1S/C13H20F2N2/c1-4-9(2)17(3)12(8-16)13-10(14)6-5-7-11(13)15/h5-7,9,12H,4,8,16H2,1-3H3. The van der Waals surface area contributed by atoms with Gasteiger partial charge in [0, 0.05) is 18.2 Å². The van der Waals surface area contributed by atoms with Crippen molar-refractivity contribution >= 4 is 0 Å². The molecule has 1 aromatic carbocycles. The van der Waals surface area contributed by atoms with Crippen molar-refractivity contribution in [2.24, 2.45) is 5.73 Å². The fraction of sp³-hybridized carbons (Fsp3) is 0.538. The molecule has 0 radical (unpaired) electrons. The minimum Gasteiger partial charge on any atom is -0.329 e. The van der Waals surface area contributed by atoms with Gasteiger partial charge in [-0.25, -0.2) is 8.78 Å². The predicted octanol–water partition coefficient (Wildman–Crippen LogP) is 2.69. The zero-order valence-electron chi connectivity index (χ0n) is 10.6. The second kappa shape index (κ2) is 6.07. The summed E-state index contributed by atoms with van der Waals surface area (Å²) in [5.41, 5.74) is 5.73. The second-order valence-electron chi connectivity index (χ2n) is 4.31. The van der Waals surface area contributed by atoms with Gasteiger partial charge in [0.05, 0.1) is 6.04 Å². The molecule has 0 aliphatic rings. The molecule has 2 unspecified atom stereocenters. The van der Waals surface area contributed by atoms with Crippen LogP contribution in [0.15, 0.2) is 18.2 Å². The first-order valence-corrected chi connectivity index (χ1v) is 5.88. The monoisotopic (exact) mass is 242 g/mol. The summed E-state index contributed by atoms with van der Waals surface area (Å²) in [6, 6.07) is 3.70. The summed E-state index contributed by atoms with van der Waals surface area (Å²) < 4.78 is 27.4. The molecule has 0 amide bonds. The van der Waals surface area contributed by atoms with Crippen molar-refractivity contribution in [2.45, 2.75) is 32.4 Å². The highest BCUT2D eigenvalue weighted by Crippen LogP contribution is 2.26. The Morgan fingerprint density at radius 3 is 2.24 bits per heavy atom. The molecule has 0 bridgehead atoms. The highest BCUT2D eigenvalue weighted by Gasteiger charge is 2.24. The first-order valence-electron chi connectivity index (χ1n) is 5.88. The molecule has 2 nitrogen and oxygen atoms in total. The number of likely N-dealkylation sites (N-methyl/N-ethyl adjacent to an activating group) is 1. The summed E-state index contributed by atoms with van der Waals surface area (Å²) in [6.45, 7) is 4.24. The van der Waals surface area contributed by atoms with Crippen LogP contribution in [0.2, 0.25) is 0 Å². The molecule has 0 spiro atoms. The highest BCUT2D eigenvalue weighted by molar-refractivity contribution is 5.24. The van der Waals surface area contributed by atoms with Gasteiger partial charge in [-0.1, -0.05) is 13.0 Å². The van der Waals surface area contributed by atoms with E-state index < -0.39 is 17.7 Å². The van der Waals surface area contributed by atoms with Crippen molar-refractivity contribution in [2.75, 3.05) is 13.6 Å². The van der Waals surface area contributed by atoms with E-state index in [1.165, 1.54) is 18.2 Å². The Morgan fingerprint density at radius 2 is 1.82 bits per heavy atom. The normalized spacial score (nSPS) is 15.0. The van der Waals surface area contributed by atoms with Gasteiger partial charge in [0.2, 0.25) is 0 Å². The lowest BCUT2D eigenvalue weighted by Gasteiger charge is -2.32. The lowest BCUT2D eigenvalue weighted by Crippen LogP contribution is -2.37. The fourth-order valence-corrected chi connectivity index (χ4v) is 1.91. The predicted molar refractivity (Wildman–Crippen MR) is 65.7 cm³/mol. The quantitative estimate of drug-likeness (QED) is 0.860. The van der Waals surface area contributed by atoms with Crippen molar-refractivity contribution in [3.8, 4) is 0 Å². The molecule has 0 aromatic heterocycles. The lowest BCUT2D eigenvalue weighted by molar-refractivity contribution is 0.177. The maximum Gasteiger partial charge on any atom is 0.130 e. The topological polar surface area (TPSA) is 29.3 Å². The lowest BCUT2D eigenvalue weighted by atomic mass is 10.0. The maximum absolute atomic E-state index is 13.7. The molecule has 0 aliphatic heterocycles. The average Bonchev–Trinajstić information content (AvgIpc) is 2.32. The minimum absolute atomic E-state index is 0.0674. The summed E-state index contributed by atoms with van der Waals surface area (Å²) in [5, 5.41) is 0. The second-order valence-corrected chi connectivity index (χ2v) is 4.31. The Balaban J connectivity index is 3.09. The molecule has 2 atom stereocenters. The fourth-order valence-electron chi connectivity index (χ4n) is 1.91. The van der Waals surface area contributed by atoms with E-state index in [1.807, 2.05) is 25.8 Å². The minimum atomic E-state index is -0.532. The number of halogens is 2. The molecule has 0 saturated heterocycles. The maximum atomic E-state index is 13.7. The van der Waals surface area contributed by atoms with E-state index in [9.17, 15) is 8.78 Å². The van der Waals surface area contributed by atoms with Gasteiger partial charge in [0.25, 0.3) is 0 Å². The van der Waals surface area contributed by atoms with E-state index in [-0.39, 0.29) is 18.2 Å². The first-order chi connectivity index (χ1) is 8.02. The Bertz CT molecular complexity index is 348. The van der Waals surface area contributed by atoms with E-state index >= 15 is 0 Å². The summed E-state index contributed by atoms with van der Waals surface area (Å²) in [7, 11) is 1.84. The van der Waals surface area contributed by atoms with Crippen LogP contribution in [0.4, 0.5) is 8.78 Å². The third-order valence-corrected chi connectivity index (χ3v) is 3.33. The molecule has 2 N–H and O–H groups in total. The molecule has 0 aliphatic carbocycles. The van der Waals surface area contributed by atoms with Gasteiger partial charge in [-0.05, 0) is 32.5 Å². The summed E-state index contributed by atoms with van der Waals surface area (Å²) >= 11 is 0. The van der Waals surface area contributed by atoms with Crippen LogP contribution in [0.25, 0.3) is 0 Å². The van der Waals surface area contributed by atoms with Crippen LogP contribution < -0.4 is 5.73 Å². The highest BCUT2D eigenvalue weighted by atomic mass is 19.1. The van der Waals surface area contributed by atoms with Crippen LogP contribution in [0.3, 0.4) is 0 Å². The van der Waals surface area contributed by atoms with Gasteiger partial charge in [0.15, 0.2) is 0 Å². The van der Waals surface area contributed by atoms with Crippen LogP contribution in [0.1, 0.15) is 31.9 Å². The number of nitrogens with two attached hydrogens (primary N) is 1. The van der Waals surface area contributed by atoms with Crippen LogP contribution in [0, 0.1) is 11.6 Å². The van der Waals surface area contributed by atoms with Gasteiger partial charge in [-0.3, -0.25) is 4.90 Å². The summed E-state index contributed by atoms with van der Waals surface area (Å²) in [6.07, 6.45) is 0.906. The third kappa shape index (κ3) is 3.01. The van der Waals surface area contributed by atoms with Gasteiger partial charge in [-0.2, -0.15) is 0 Å². The van der Waals surface area contributed by atoms with Crippen molar-refractivity contribution < 1.29 is 8.78 Å². The number of hydrogen-bond donors (Lipinski definition) is 1. The van der Waals surface area contributed by atoms with E-state index in [4.69, 9.17) is 5.73 Å². The molecule has 1 rings (SSSR count). The molecule has 0 fully saturated rings. The Morgan fingerprint density at radius 1 is 1.29 bits per heavy atom. The van der Waals surface area contributed by atoms with Crippen LogP contribution in [-0.2, 0) is 0 Å². The SMILES string of the molecule is CCC(C)N(C)C(CN)c1c(F)cccc1F. The van der Waals surface area contributed by atoms with Crippen LogP contribution in [0.5, 0.6) is 0 Å². The molecule has 1 aromatic rings. The van der Waals surface area contributed by atoms with E-state index in [2.05, 4.69) is 0 Å².